The van der Waals surface area contributed by atoms with Crippen LogP contribution in [0, 0.1) is 0 Å². The molecule has 1 aromatic carbocycles. The highest BCUT2D eigenvalue weighted by Crippen LogP contribution is 2.34. The summed E-state index contributed by atoms with van der Waals surface area (Å²) in [6, 6.07) is 7.02. The van der Waals surface area contributed by atoms with Crippen LogP contribution in [0.4, 0.5) is 5.13 Å². The van der Waals surface area contributed by atoms with Crippen LogP contribution < -0.4 is 10.1 Å². The van der Waals surface area contributed by atoms with Crippen molar-refractivity contribution in [1.82, 2.24) is 4.98 Å². The summed E-state index contributed by atoms with van der Waals surface area (Å²) in [6.07, 6.45) is 4.52. The van der Waals surface area contributed by atoms with Crippen molar-refractivity contribution in [1.29, 1.82) is 0 Å². The monoisotopic (exact) mass is 334 g/mol. The zero-order valence-corrected chi connectivity index (χ0v) is 13.1. The molecule has 0 saturated heterocycles. The van der Waals surface area contributed by atoms with Crippen molar-refractivity contribution in [3.05, 3.63) is 47.4 Å². The number of nitrogens with one attached hydrogen (secondary N) is 1. The number of amides is 1. The molecule has 3 aromatic rings. The molecular formula is C15H11ClN2O3S. The molecule has 0 saturated carbocycles. The molecule has 1 N–H and O–H groups in total. The maximum atomic E-state index is 11.9. The third kappa shape index (κ3) is 3.13. The fraction of sp³-hybridized carbons (Fsp3) is 0.0667. The van der Waals surface area contributed by atoms with E-state index >= 15 is 0 Å². The molecule has 0 aliphatic carbocycles. The minimum atomic E-state index is -0.284. The van der Waals surface area contributed by atoms with Gasteiger partial charge in [-0.2, -0.15) is 0 Å². The largest absolute Gasteiger partial charge is 0.495 e. The summed E-state index contributed by atoms with van der Waals surface area (Å²) in [5, 5.41) is 3.68. The van der Waals surface area contributed by atoms with Crippen LogP contribution >= 0.6 is 22.9 Å². The Morgan fingerprint density at radius 3 is 3.09 bits per heavy atom. The summed E-state index contributed by atoms with van der Waals surface area (Å²) in [5.74, 6) is 0.901. The highest BCUT2D eigenvalue weighted by atomic mass is 35.5. The summed E-state index contributed by atoms with van der Waals surface area (Å²) in [6.45, 7) is 0. The van der Waals surface area contributed by atoms with Gasteiger partial charge in [0.25, 0.3) is 0 Å². The second-order valence-electron chi connectivity index (χ2n) is 4.31. The highest BCUT2D eigenvalue weighted by Gasteiger charge is 2.10. The van der Waals surface area contributed by atoms with Crippen LogP contribution in [-0.4, -0.2) is 18.0 Å². The Bertz CT molecular complexity index is 840. The SMILES string of the molecule is COc1cc2sc(NC(=O)/C=C/c3ccco3)nc2cc1Cl. The van der Waals surface area contributed by atoms with E-state index in [9.17, 15) is 4.79 Å². The summed E-state index contributed by atoms with van der Waals surface area (Å²) in [4.78, 5) is 16.2. The normalized spacial score (nSPS) is 11.2. The number of hydrogen-bond acceptors (Lipinski definition) is 5. The zero-order valence-electron chi connectivity index (χ0n) is 11.5. The molecule has 0 unspecified atom stereocenters. The number of methoxy groups -OCH3 is 1. The van der Waals surface area contributed by atoms with Gasteiger partial charge in [-0.05, 0) is 24.3 Å². The maximum Gasteiger partial charge on any atom is 0.250 e. The number of nitrogens with zero attached hydrogens (tertiary/aromatic N) is 1. The predicted octanol–water partition coefficient (Wildman–Crippen LogP) is 4.20. The van der Waals surface area contributed by atoms with Gasteiger partial charge in [0.05, 0.1) is 28.6 Å². The number of furan rings is 1. The first-order valence-corrected chi connectivity index (χ1v) is 7.52. The van der Waals surface area contributed by atoms with Gasteiger partial charge in [0.1, 0.15) is 11.5 Å². The lowest BCUT2D eigenvalue weighted by Gasteiger charge is -2.00. The number of rotatable bonds is 4. The van der Waals surface area contributed by atoms with Gasteiger partial charge in [0.2, 0.25) is 5.91 Å². The first-order chi connectivity index (χ1) is 10.7. The van der Waals surface area contributed by atoms with Gasteiger partial charge >= 0.3 is 0 Å². The molecule has 3 rings (SSSR count). The average molecular weight is 335 g/mol. The number of hydrogen-bond donors (Lipinski definition) is 1. The summed E-state index contributed by atoms with van der Waals surface area (Å²) in [7, 11) is 1.55. The summed E-state index contributed by atoms with van der Waals surface area (Å²) in [5.41, 5.74) is 0.709. The van der Waals surface area contributed by atoms with Gasteiger partial charge in [-0.3, -0.25) is 10.1 Å². The Morgan fingerprint density at radius 2 is 2.36 bits per heavy atom. The number of fused-ring (bicyclic) bond motifs is 1. The van der Waals surface area contributed by atoms with Crippen molar-refractivity contribution in [3.8, 4) is 5.75 Å². The highest BCUT2D eigenvalue weighted by molar-refractivity contribution is 7.22. The van der Waals surface area contributed by atoms with Crippen LogP contribution in [0.3, 0.4) is 0 Å². The second kappa shape index (κ2) is 6.21. The first-order valence-electron chi connectivity index (χ1n) is 6.32. The van der Waals surface area contributed by atoms with Crippen LogP contribution in [0.2, 0.25) is 5.02 Å². The maximum absolute atomic E-state index is 11.9. The standard InChI is InChI=1S/C15H11ClN2O3S/c1-20-12-8-13-11(7-10(12)16)17-15(22-13)18-14(19)5-4-9-3-2-6-21-9/h2-8H,1H3,(H,17,18,19)/b5-4+. The van der Waals surface area contributed by atoms with E-state index in [1.54, 1.807) is 43.7 Å². The topological polar surface area (TPSA) is 64.4 Å². The minimum absolute atomic E-state index is 0.284. The molecule has 112 valence electrons. The molecule has 0 radical (unpaired) electrons. The zero-order chi connectivity index (χ0) is 15.5. The van der Waals surface area contributed by atoms with Crippen LogP contribution in [0.15, 0.2) is 41.0 Å². The van der Waals surface area contributed by atoms with Crippen LogP contribution in [0.1, 0.15) is 5.76 Å². The number of carbonyl (C=O) groups is 1. The average Bonchev–Trinajstić information content (AvgIpc) is 3.12. The molecule has 2 heterocycles. The van der Waals surface area contributed by atoms with E-state index in [1.807, 2.05) is 0 Å². The van der Waals surface area contributed by atoms with Crippen molar-refractivity contribution in [2.75, 3.05) is 12.4 Å². The summed E-state index contributed by atoms with van der Waals surface area (Å²) >= 11 is 7.40. The van der Waals surface area contributed by atoms with Gasteiger partial charge in [-0.25, -0.2) is 4.98 Å². The molecule has 1 amide bonds. The van der Waals surface area contributed by atoms with Crippen LogP contribution in [-0.2, 0) is 4.79 Å². The van der Waals surface area contributed by atoms with E-state index in [0.29, 0.717) is 27.2 Å². The molecule has 0 aliphatic heterocycles. The lowest BCUT2D eigenvalue weighted by Crippen LogP contribution is -2.07. The van der Waals surface area contributed by atoms with E-state index in [-0.39, 0.29) is 5.91 Å². The number of halogens is 1. The molecule has 0 bridgehead atoms. The van der Waals surface area contributed by atoms with Crippen molar-refractivity contribution in [2.45, 2.75) is 0 Å². The lowest BCUT2D eigenvalue weighted by atomic mass is 10.3. The van der Waals surface area contributed by atoms with Gasteiger partial charge < -0.3 is 9.15 Å². The van der Waals surface area contributed by atoms with Gasteiger partial charge in [0.15, 0.2) is 5.13 Å². The third-order valence-electron chi connectivity index (χ3n) is 2.83. The fourth-order valence-corrected chi connectivity index (χ4v) is 2.94. The van der Waals surface area contributed by atoms with E-state index in [1.165, 1.54) is 17.4 Å². The first kappa shape index (κ1) is 14.6. The molecule has 2 aromatic heterocycles. The molecule has 5 nitrogen and oxygen atoms in total. The quantitative estimate of drug-likeness (QED) is 0.726. The number of thiazole rings is 1. The number of carbonyl (C=O) groups excluding carboxylic acids is 1. The number of ether oxygens (including phenoxy) is 1. The van der Waals surface area contributed by atoms with Gasteiger partial charge in [-0.1, -0.05) is 22.9 Å². The lowest BCUT2D eigenvalue weighted by molar-refractivity contribution is -0.111. The van der Waals surface area contributed by atoms with Crippen molar-refractivity contribution in [2.24, 2.45) is 0 Å². The Hall–Kier alpha value is -2.31. The molecule has 0 atom stereocenters. The molecular weight excluding hydrogens is 324 g/mol. The Labute approximate surface area is 135 Å². The molecule has 0 fully saturated rings. The molecule has 0 aliphatic rings. The Kier molecular flexibility index (Phi) is 4.13. The van der Waals surface area contributed by atoms with E-state index in [0.717, 1.165) is 4.70 Å². The van der Waals surface area contributed by atoms with E-state index < -0.39 is 0 Å². The van der Waals surface area contributed by atoms with Crippen LogP contribution in [0.5, 0.6) is 5.75 Å². The molecule has 7 heteroatoms. The van der Waals surface area contributed by atoms with E-state index in [4.69, 9.17) is 20.8 Å². The van der Waals surface area contributed by atoms with Gasteiger partial charge in [-0.15, -0.1) is 0 Å². The van der Waals surface area contributed by atoms with Crippen molar-refractivity contribution in [3.63, 3.8) is 0 Å². The smallest absolute Gasteiger partial charge is 0.250 e. The number of aromatic nitrogens is 1. The minimum Gasteiger partial charge on any atom is -0.495 e. The third-order valence-corrected chi connectivity index (χ3v) is 4.06. The molecule has 0 spiro atoms. The summed E-state index contributed by atoms with van der Waals surface area (Å²) < 4.78 is 11.2. The fourth-order valence-electron chi connectivity index (χ4n) is 1.83. The number of anilines is 1. The Morgan fingerprint density at radius 1 is 1.50 bits per heavy atom. The van der Waals surface area contributed by atoms with Crippen molar-refractivity contribution >= 4 is 50.3 Å². The van der Waals surface area contributed by atoms with Gasteiger partial charge in [0, 0.05) is 12.1 Å². The Balaban J connectivity index is 1.77. The van der Waals surface area contributed by atoms with E-state index in [2.05, 4.69) is 10.3 Å². The van der Waals surface area contributed by atoms with Crippen molar-refractivity contribution < 1.29 is 13.9 Å². The second-order valence-corrected chi connectivity index (χ2v) is 5.75. The number of benzene rings is 1. The molecule has 22 heavy (non-hydrogen) atoms. The predicted molar refractivity (Wildman–Crippen MR) is 87.6 cm³/mol. The van der Waals surface area contributed by atoms with Crippen LogP contribution in [0.25, 0.3) is 16.3 Å².